The summed E-state index contributed by atoms with van der Waals surface area (Å²) in [6, 6.07) is 4.73. The van der Waals surface area contributed by atoms with E-state index in [1.54, 1.807) is 13.3 Å². The number of rotatable bonds is 6. The zero-order valence-electron chi connectivity index (χ0n) is 10.1. The summed E-state index contributed by atoms with van der Waals surface area (Å²) in [4.78, 5) is 4.19. The Hall–Kier alpha value is -1.09. The molecule has 1 aliphatic carbocycles. The quantitative estimate of drug-likeness (QED) is 0.799. The second-order valence-corrected chi connectivity index (χ2v) is 4.44. The first kappa shape index (κ1) is 11.4. The number of hydrogen-bond donors (Lipinski definition) is 1. The fourth-order valence-electron chi connectivity index (χ4n) is 2.17. The van der Waals surface area contributed by atoms with Crippen molar-refractivity contribution in [2.45, 2.75) is 38.8 Å². The molecule has 2 atom stereocenters. The van der Waals surface area contributed by atoms with Crippen molar-refractivity contribution in [2.24, 2.45) is 5.92 Å². The summed E-state index contributed by atoms with van der Waals surface area (Å²) in [5, 5.41) is 3.56. The molecule has 3 heteroatoms. The molecule has 1 aromatic heterocycles. The van der Waals surface area contributed by atoms with Crippen LogP contribution >= 0.6 is 0 Å². The highest BCUT2D eigenvalue weighted by atomic mass is 16.5. The largest absolute Gasteiger partial charge is 0.481 e. The van der Waals surface area contributed by atoms with Gasteiger partial charge in [-0.1, -0.05) is 19.4 Å². The van der Waals surface area contributed by atoms with Crippen molar-refractivity contribution < 1.29 is 4.74 Å². The predicted molar refractivity (Wildman–Crippen MR) is 64.4 cm³/mol. The number of methoxy groups -OCH3 is 1. The molecule has 1 heterocycles. The van der Waals surface area contributed by atoms with Crippen molar-refractivity contribution in [3.8, 4) is 5.88 Å². The Morgan fingerprint density at radius 3 is 3.19 bits per heavy atom. The molecule has 1 saturated carbocycles. The first-order valence-corrected chi connectivity index (χ1v) is 6.06. The first-order chi connectivity index (χ1) is 7.85. The number of ether oxygens (including phenoxy) is 1. The van der Waals surface area contributed by atoms with E-state index in [0.717, 1.165) is 23.9 Å². The van der Waals surface area contributed by atoms with E-state index in [2.05, 4.69) is 23.3 Å². The van der Waals surface area contributed by atoms with Crippen LogP contribution in [-0.2, 0) is 6.54 Å². The SMILES string of the molecule is CCCC1CC1NCc1cccnc1OC. The summed E-state index contributed by atoms with van der Waals surface area (Å²) in [7, 11) is 1.67. The van der Waals surface area contributed by atoms with Crippen LogP contribution in [0.25, 0.3) is 0 Å². The Bertz CT molecular complexity index is 340. The molecule has 0 aliphatic heterocycles. The van der Waals surface area contributed by atoms with Gasteiger partial charge in [0.15, 0.2) is 0 Å². The van der Waals surface area contributed by atoms with E-state index in [1.807, 2.05) is 6.07 Å². The van der Waals surface area contributed by atoms with E-state index < -0.39 is 0 Å². The van der Waals surface area contributed by atoms with Gasteiger partial charge in [-0.05, 0) is 24.8 Å². The molecule has 16 heavy (non-hydrogen) atoms. The van der Waals surface area contributed by atoms with Crippen LogP contribution < -0.4 is 10.1 Å². The van der Waals surface area contributed by atoms with Crippen LogP contribution in [-0.4, -0.2) is 18.1 Å². The molecule has 0 saturated heterocycles. The van der Waals surface area contributed by atoms with Gasteiger partial charge in [0, 0.05) is 24.3 Å². The smallest absolute Gasteiger partial charge is 0.217 e. The lowest BCUT2D eigenvalue weighted by atomic mass is 10.2. The lowest BCUT2D eigenvalue weighted by Gasteiger charge is -2.07. The van der Waals surface area contributed by atoms with Crippen LogP contribution in [0, 0.1) is 5.92 Å². The molecule has 2 rings (SSSR count). The van der Waals surface area contributed by atoms with E-state index >= 15 is 0 Å². The Labute approximate surface area is 97.2 Å². The Balaban J connectivity index is 1.82. The average Bonchev–Trinajstić information content (AvgIpc) is 3.06. The van der Waals surface area contributed by atoms with Gasteiger partial charge in [0.05, 0.1) is 7.11 Å². The van der Waals surface area contributed by atoms with E-state index in [1.165, 1.54) is 19.3 Å². The van der Waals surface area contributed by atoms with Crippen LogP contribution in [0.15, 0.2) is 18.3 Å². The van der Waals surface area contributed by atoms with Crippen LogP contribution in [0.4, 0.5) is 0 Å². The van der Waals surface area contributed by atoms with Gasteiger partial charge < -0.3 is 10.1 Å². The van der Waals surface area contributed by atoms with Crippen LogP contribution in [0.3, 0.4) is 0 Å². The molecule has 0 spiro atoms. The number of nitrogens with zero attached hydrogens (tertiary/aromatic N) is 1. The zero-order valence-corrected chi connectivity index (χ0v) is 10.1. The van der Waals surface area contributed by atoms with Gasteiger partial charge in [0.2, 0.25) is 5.88 Å². The molecule has 1 aromatic rings. The zero-order chi connectivity index (χ0) is 11.4. The summed E-state index contributed by atoms with van der Waals surface area (Å²) in [6.07, 6.45) is 5.73. The number of pyridine rings is 1. The second kappa shape index (κ2) is 5.30. The fourth-order valence-corrected chi connectivity index (χ4v) is 2.17. The van der Waals surface area contributed by atoms with Gasteiger partial charge in [-0.2, -0.15) is 0 Å². The second-order valence-electron chi connectivity index (χ2n) is 4.44. The summed E-state index contributed by atoms with van der Waals surface area (Å²) in [6.45, 7) is 3.11. The molecule has 1 aliphatic rings. The average molecular weight is 220 g/mol. The van der Waals surface area contributed by atoms with Crippen molar-refractivity contribution >= 4 is 0 Å². The molecule has 88 valence electrons. The van der Waals surface area contributed by atoms with Gasteiger partial charge in [-0.15, -0.1) is 0 Å². The molecule has 0 aromatic carbocycles. The molecule has 3 nitrogen and oxygen atoms in total. The lowest BCUT2D eigenvalue weighted by Crippen LogP contribution is -2.18. The van der Waals surface area contributed by atoms with E-state index in [-0.39, 0.29) is 0 Å². The Kier molecular flexibility index (Phi) is 3.78. The molecule has 1 N–H and O–H groups in total. The summed E-state index contributed by atoms with van der Waals surface area (Å²) < 4.78 is 5.22. The number of nitrogens with one attached hydrogen (secondary N) is 1. The molecular formula is C13H20N2O. The highest BCUT2D eigenvalue weighted by Crippen LogP contribution is 2.34. The van der Waals surface area contributed by atoms with Crippen molar-refractivity contribution in [3.63, 3.8) is 0 Å². The topological polar surface area (TPSA) is 34.2 Å². The monoisotopic (exact) mass is 220 g/mol. The standard InChI is InChI=1S/C13H20N2O/c1-3-5-10-8-12(10)15-9-11-6-4-7-14-13(11)16-2/h4,6-7,10,12,15H,3,5,8-9H2,1-2H3. The van der Waals surface area contributed by atoms with E-state index in [9.17, 15) is 0 Å². The van der Waals surface area contributed by atoms with Crippen molar-refractivity contribution in [1.82, 2.24) is 10.3 Å². The van der Waals surface area contributed by atoms with E-state index in [0.29, 0.717) is 6.04 Å². The van der Waals surface area contributed by atoms with E-state index in [4.69, 9.17) is 4.74 Å². The molecule has 0 radical (unpaired) electrons. The van der Waals surface area contributed by atoms with Crippen LogP contribution in [0.1, 0.15) is 31.7 Å². The summed E-state index contributed by atoms with van der Waals surface area (Å²) >= 11 is 0. The Morgan fingerprint density at radius 2 is 2.44 bits per heavy atom. The maximum absolute atomic E-state index is 5.22. The lowest BCUT2D eigenvalue weighted by molar-refractivity contribution is 0.390. The number of aromatic nitrogens is 1. The third-order valence-corrected chi connectivity index (χ3v) is 3.18. The minimum atomic E-state index is 0.713. The molecule has 0 bridgehead atoms. The van der Waals surface area contributed by atoms with Gasteiger partial charge in [-0.25, -0.2) is 4.98 Å². The summed E-state index contributed by atoms with van der Waals surface area (Å²) in [5.41, 5.74) is 1.15. The minimum Gasteiger partial charge on any atom is -0.481 e. The van der Waals surface area contributed by atoms with Crippen molar-refractivity contribution in [3.05, 3.63) is 23.9 Å². The molecule has 1 fully saturated rings. The van der Waals surface area contributed by atoms with Gasteiger partial charge in [0.1, 0.15) is 0 Å². The maximum atomic E-state index is 5.22. The van der Waals surface area contributed by atoms with Gasteiger partial charge in [0.25, 0.3) is 0 Å². The highest BCUT2D eigenvalue weighted by Gasteiger charge is 2.35. The Morgan fingerprint density at radius 1 is 1.56 bits per heavy atom. The van der Waals surface area contributed by atoms with Gasteiger partial charge >= 0.3 is 0 Å². The molecule has 2 unspecified atom stereocenters. The maximum Gasteiger partial charge on any atom is 0.217 e. The normalized spacial score (nSPS) is 23.1. The number of hydrogen-bond acceptors (Lipinski definition) is 3. The van der Waals surface area contributed by atoms with Crippen LogP contribution in [0.5, 0.6) is 5.88 Å². The fraction of sp³-hybridized carbons (Fsp3) is 0.615. The van der Waals surface area contributed by atoms with Crippen molar-refractivity contribution in [2.75, 3.05) is 7.11 Å². The van der Waals surface area contributed by atoms with Crippen molar-refractivity contribution in [1.29, 1.82) is 0 Å². The third kappa shape index (κ3) is 2.73. The minimum absolute atomic E-state index is 0.713. The first-order valence-electron chi connectivity index (χ1n) is 6.06. The molecular weight excluding hydrogens is 200 g/mol. The predicted octanol–water partition coefficient (Wildman–Crippen LogP) is 2.37. The van der Waals surface area contributed by atoms with Gasteiger partial charge in [-0.3, -0.25) is 0 Å². The summed E-state index contributed by atoms with van der Waals surface area (Å²) in [5.74, 6) is 1.63. The highest BCUT2D eigenvalue weighted by molar-refractivity contribution is 5.25. The van der Waals surface area contributed by atoms with Crippen LogP contribution in [0.2, 0.25) is 0 Å². The third-order valence-electron chi connectivity index (χ3n) is 3.18. The molecule has 0 amide bonds.